The molecule has 2 atom stereocenters. The highest BCUT2D eigenvalue weighted by Crippen LogP contribution is 2.22. The van der Waals surface area contributed by atoms with Crippen LogP contribution >= 0.6 is 0 Å². The molecule has 20 heavy (non-hydrogen) atoms. The van der Waals surface area contributed by atoms with E-state index in [1.807, 2.05) is 26.1 Å². The Morgan fingerprint density at radius 2 is 2.10 bits per heavy atom. The van der Waals surface area contributed by atoms with Crippen molar-refractivity contribution >= 4 is 0 Å². The first-order valence-corrected chi connectivity index (χ1v) is 7.38. The van der Waals surface area contributed by atoms with Crippen LogP contribution in [0.3, 0.4) is 0 Å². The van der Waals surface area contributed by atoms with Gasteiger partial charge >= 0.3 is 0 Å². The number of rotatable bonds is 5. The molecule has 4 heteroatoms. The number of aliphatic hydroxyl groups is 1. The lowest BCUT2D eigenvalue weighted by Crippen LogP contribution is -2.46. The molecule has 2 N–H and O–H groups in total. The minimum absolute atomic E-state index is 0.198. The highest BCUT2D eigenvalue weighted by atomic mass is 19.1. The second-order valence-corrected chi connectivity index (χ2v) is 6.06. The molecule has 1 aliphatic rings. The maximum absolute atomic E-state index is 13.0. The molecule has 0 spiro atoms. The van der Waals surface area contributed by atoms with E-state index in [1.54, 1.807) is 0 Å². The Morgan fingerprint density at radius 1 is 1.40 bits per heavy atom. The second kappa shape index (κ2) is 6.66. The first kappa shape index (κ1) is 15.4. The molecule has 1 aromatic rings. The Hall–Kier alpha value is -0.970. The number of nitrogens with zero attached hydrogens (tertiary/aromatic N) is 1. The number of nitrogens with one attached hydrogen (secondary N) is 1. The summed E-state index contributed by atoms with van der Waals surface area (Å²) in [5.74, 6) is -0.198. The third kappa shape index (κ3) is 4.27. The first-order valence-electron chi connectivity index (χ1n) is 7.38. The molecule has 3 nitrogen and oxygen atoms in total. The quantitative estimate of drug-likeness (QED) is 0.869. The summed E-state index contributed by atoms with van der Waals surface area (Å²) in [5, 5.41) is 13.4. The van der Waals surface area contributed by atoms with Crippen LogP contribution in [0.25, 0.3) is 0 Å². The van der Waals surface area contributed by atoms with Gasteiger partial charge in [-0.2, -0.15) is 0 Å². The number of hydrogen-bond acceptors (Lipinski definition) is 3. The number of β-amino-alcohol motifs (C(OH)–C–C–N with tert-alkyl or cyclic N) is 1. The summed E-state index contributed by atoms with van der Waals surface area (Å²) in [6, 6.07) is 6.91. The van der Waals surface area contributed by atoms with Crippen molar-refractivity contribution in [1.29, 1.82) is 0 Å². The topological polar surface area (TPSA) is 35.5 Å². The summed E-state index contributed by atoms with van der Waals surface area (Å²) in [7, 11) is 1.93. The lowest BCUT2D eigenvalue weighted by atomic mass is 9.94. The van der Waals surface area contributed by atoms with Gasteiger partial charge in [-0.1, -0.05) is 12.1 Å². The lowest BCUT2D eigenvalue weighted by Gasteiger charge is -2.37. The summed E-state index contributed by atoms with van der Waals surface area (Å²) < 4.78 is 13.0. The van der Waals surface area contributed by atoms with E-state index in [4.69, 9.17) is 0 Å². The zero-order valence-electron chi connectivity index (χ0n) is 12.4. The number of benzene rings is 1. The Labute approximate surface area is 120 Å². The third-order valence-corrected chi connectivity index (χ3v) is 4.11. The van der Waals surface area contributed by atoms with Crippen LogP contribution in [-0.4, -0.2) is 42.3 Å². The van der Waals surface area contributed by atoms with Gasteiger partial charge in [-0.25, -0.2) is 4.39 Å². The molecule has 0 amide bonds. The standard InChI is InChI=1S/C16H25FN2O/c1-16(20)9-3-10-19(12-16)11-8-15(18-2)13-4-6-14(17)7-5-13/h4-7,15,18,20H,3,8-12H2,1-2H3. The minimum Gasteiger partial charge on any atom is -0.389 e. The molecule has 1 aliphatic heterocycles. The second-order valence-electron chi connectivity index (χ2n) is 6.06. The molecule has 112 valence electrons. The number of hydrogen-bond donors (Lipinski definition) is 2. The first-order chi connectivity index (χ1) is 9.50. The van der Waals surface area contributed by atoms with Gasteiger partial charge in [0, 0.05) is 19.1 Å². The average Bonchev–Trinajstić information content (AvgIpc) is 2.40. The molecule has 0 bridgehead atoms. The molecule has 1 heterocycles. The van der Waals surface area contributed by atoms with Crippen molar-refractivity contribution < 1.29 is 9.50 Å². The summed E-state index contributed by atoms with van der Waals surface area (Å²) in [6.45, 7) is 4.65. The maximum atomic E-state index is 13.0. The van der Waals surface area contributed by atoms with Gasteiger partial charge in [0.25, 0.3) is 0 Å². The van der Waals surface area contributed by atoms with E-state index in [-0.39, 0.29) is 11.9 Å². The molecule has 0 saturated carbocycles. The highest BCUT2D eigenvalue weighted by Gasteiger charge is 2.28. The molecule has 0 aromatic heterocycles. The molecule has 1 saturated heterocycles. The fraction of sp³-hybridized carbons (Fsp3) is 0.625. The third-order valence-electron chi connectivity index (χ3n) is 4.11. The zero-order valence-corrected chi connectivity index (χ0v) is 12.4. The summed E-state index contributed by atoms with van der Waals surface area (Å²) in [6.07, 6.45) is 2.89. The van der Waals surface area contributed by atoms with Crippen molar-refractivity contribution in [2.75, 3.05) is 26.7 Å². The fourth-order valence-electron chi connectivity index (χ4n) is 3.00. The summed E-state index contributed by atoms with van der Waals surface area (Å²) >= 11 is 0. The van der Waals surface area contributed by atoms with Crippen molar-refractivity contribution in [3.8, 4) is 0 Å². The van der Waals surface area contributed by atoms with Crippen LogP contribution in [0, 0.1) is 5.82 Å². The van der Waals surface area contributed by atoms with Gasteiger partial charge in [0.05, 0.1) is 5.60 Å². The Morgan fingerprint density at radius 3 is 2.70 bits per heavy atom. The van der Waals surface area contributed by atoms with Gasteiger partial charge in [0.1, 0.15) is 5.82 Å². The SMILES string of the molecule is CNC(CCN1CCCC(C)(O)C1)c1ccc(F)cc1. The van der Waals surface area contributed by atoms with Gasteiger partial charge in [-0.15, -0.1) is 0 Å². The smallest absolute Gasteiger partial charge is 0.123 e. The van der Waals surface area contributed by atoms with E-state index in [2.05, 4.69) is 10.2 Å². The van der Waals surface area contributed by atoms with Crippen molar-refractivity contribution in [3.63, 3.8) is 0 Å². The van der Waals surface area contributed by atoms with Crippen LogP contribution < -0.4 is 5.32 Å². The van der Waals surface area contributed by atoms with Gasteiger partial charge in [0.15, 0.2) is 0 Å². The zero-order chi connectivity index (χ0) is 14.6. The van der Waals surface area contributed by atoms with Crippen molar-refractivity contribution in [1.82, 2.24) is 10.2 Å². The molecule has 0 aliphatic carbocycles. The molecular formula is C16H25FN2O. The molecular weight excluding hydrogens is 255 g/mol. The van der Waals surface area contributed by atoms with Gasteiger partial charge in [-0.05, 0) is 57.5 Å². The maximum Gasteiger partial charge on any atom is 0.123 e. The number of halogens is 1. The number of likely N-dealkylation sites (tertiary alicyclic amines) is 1. The molecule has 1 aromatic carbocycles. The van der Waals surface area contributed by atoms with Crippen LogP contribution in [0.1, 0.15) is 37.8 Å². The Bertz CT molecular complexity index is 419. The van der Waals surface area contributed by atoms with Gasteiger partial charge in [0.2, 0.25) is 0 Å². The van der Waals surface area contributed by atoms with Gasteiger partial charge < -0.3 is 15.3 Å². The van der Waals surface area contributed by atoms with Crippen molar-refractivity contribution in [2.24, 2.45) is 0 Å². The monoisotopic (exact) mass is 280 g/mol. The van der Waals surface area contributed by atoms with Crippen LogP contribution in [0.4, 0.5) is 4.39 Å². The van der Waals surface area contributed by atoms with Crippen LogP contribution in [0.5, 0.6) is 0 Å². The minimum atomic E-state index is -0.552. The van der Waals surface area contributed by atoms with E-state index >= 15 is 0 Å². The van der Waals surface area contributed by atoms with E-state index < -0.39 is 5.60 Å². The average molecular weight is 280 g/mol. The molecule has 0 radical (unpaired) electrons. The lowest BCUT2D eigenvalue weighted by molar-refractivity contribution is -0.0163. The Balaban J connectivity index is 1.89. The highest BCUT2D eigenvalue weighted by molar-refractivity contribution is 5.19. The van der Waals surface area contributed by atoms with Crippen LogP contribution in [-0.2, 0) is 0 Å². The normalized spacial score (nSPS) is 25.6. The molecule has 2 rings (SSSR count). The summed E-state index contributed by atoms with van der Waals surface area (Å²) in [4.78, 5) is 2.32. The van der Waals surface area contributed by atoms with Crippen molar-refractivity contribution in [2.45, 2.75) is 37.8 Å². The summed E-state index contributed by atoms with van der Waals surface area (Å²) in [5.41, 5.74) is 0.557. The molecule has 2 unspecified atom stereocenters. The van der Waals surface area contributed by atoms with Crippen LogP contribution in [0.2, 0.25) is 0 Å². The van der Waals surface area contributed by atoms with E-state index in [0.29, 0.717) is 0 Å². The van der Waals surface area contributed by atoms with E-state index in [0.717, 1.165) is 44.5 Å². The van der Waals surface area contributed by atoms with Gasteiger partial charge in [-0.3, -0.25) is 0 Å². The van der Waals surface area contributed by atoms with E-state index in [9.17, 15) is 9.50 Å². The number of piperidine rings is 1. The molecule has 1 fully saturated rings. The predicted molar refractivity (Wildman–Crippen MR) is 79.1 cm³/mol. The van der Waals surface area contributed by atoms with Crippen molar-refractivity contribution in [3.05, 3.63) is 35.6 Å². The predicted octanol–water partition coefficient (Wildman–Crippen LogP) is 2.32. The van der Waals surface area contributed by atoms with E-state index in [1.165, 1.54) is 12.1 Å². The Kier molecular flexibility index (Phi) is 5.13. The largest absolute Gasteiger partial charge is 0.389 e. The van der Waals surface area contributed by atoms with Crippen LogP contribution in [0.15, 0.2) is 24.3 Å². The fourth-order valence-corrected chi connectivity index (χ4v) is 3.00.